The summed E-state index contributed by atoms with van der Waals surface area (Å²) in [6.45, 7) is 13.1. The average molecular weight is 272 g/mol. The van der Waals surface area contributed by atoms with Crippen LogP contribution < -0.4 is 10.6 Å². The van der Waals surface area contributed by atoms with Gasteiger partial charge in [-0.1, -0.05) is 20.8 Å². The van der Waals surface area contributed by atoms with Crippen molar-refractivity contribution in [2.24, 2.45) is 11.3 Å². The first-order chi connectivity index (χ1) is 8.48. The Labute approximate surface area is 116 Å². The third-order valence-electron chi connectivity index (χ3n) is 3.91. The topological polar surface area (TPSA) is 70.6 Å². The lowest BCUT2D eigenvalue weighted by Crippen LogP contribution is -2.65. The quantitative estimate of drug-likeness (QED) is 0.712. The summed E-state index contributed by atoms with van der Waals surface area (Å²) in [6.07, 6.45) is -0.484. The van der Waals surface area contributed by atoms with E-state index in [9.17, 15) is 9.90 Å². The Morgan fingerprint density at radius 1 is 1.47 bits per heavy atom. The highest BCUT2D eigenvalue weighted by Gasteiger charge is 2.49. The molecule has 3 N–H and O–H groups in total. The monoisotopic (exact) mass is 272 g/mol. The molecule has 1 fully saturated rings. The van der Waals surface area contributed by atoms with Crippen molar-refractivity contribution < 1.29 is 14.6 Å². The van der Waals surface area contributed by atoms with Gasteiger partial charge in [-0.3, -0.25) is 0 Å². The molecule has 0 bridgehead atoms. The SMILES string of the molecule is CC1CNCC(C)(C)C1(O)CNC(=O)OC(C)(C)C. The number of carbonyl (C=O) groups excluding carboxylic acids is 1. The maximum atomic E-state index is 11.7. The standard InChI is InChI=1S/C14H28N2O3/c1-10-7-15-8-13(5,6)14(10,18)9-16-11(17)19-12(2,3)4/h10,15,18H,7-9H2,1-6H3,(H,16,17). The molecule has 2 atom stereocenters. The number of alkyl carbamates (subject to hydrolysis) is 1. The summed E-state index contributed by atoms with van der Waals surface area (Å²) in [5.41, 5.74) is -1.77. The molecule has 0 aromatic heterocycles. The number of hydrogen-bond donors (Lipinski definition) is 3. The van der Waals surface area contributed by atoms with Gasteiger partial charge >= 0.3 is 6.09 Å². The van der Waals surface area contributed by atoms with Crippen LogP contribution in [0.5, 0.6) is 0 Å². The minimum absolute atomic E-state index is 0.0613. The molecule has 1 aliphatic heterocycles. The molecular formula is C14H28N2O3. The second-order valence-corrected chi connectivity index (χ2v) is 7.20. The Kier molecular flexibility index (Phi) is 4.52. The van der Waals surface area contributed by atoms with Crippen LogP contribution in [0.3, 0.4) is 0 Å². The minimum atomic E-state index is -0.935. The maximum Gasteiger partial charge on any atom is 0.407 e. The molecule has 1 aliphatic rings. The summed E-state index contributed by atoms with van der Waals surface area (Å²) < 4.78 is 5.20. The molecule has 1 heterocycles. The lowest BCUT2D eigenvalue weighted by molar-refractivity contribution is -0.120. The van der Waals surface area contributed by atoms with E-state index in [2.05, 4.69) is 10.6 Å². The molecule has 19 heavy (non-hydrogen) atoms. The first kappa shape index (κ1) is 16.2. The van der Waals surface area contributed by atoms with Crippen LogP contribution in [-0.4, -0.2) is 42.0 Å². The van der Waals surface area contributed by atoms with E-state index in [0.717, 1.165) is 13.1 Å². The van der Waals surface area contributed by atoms with Gasteiger partial charge in [-0.05, 0) is 26.7 Å². The fourth-order valence-electron chi connectivity index (χ4n) is 2.52. The minimum Gasteiger partial charge on any atom is -0.444 e. The maximum absolute atomic E-state index is 11.7. The van der Waals surface area contributed by atoms with Gasteiger partial charge in [-0.2, -0.15) is 0 Å². The van der Waals surface area contributed by atoms with Gasteiger partial charge in [0.15, 0.2) is 0 Å². The summed E-state index contributed by atoms with van der Waals surface area (Å²) in [7, 11) is 0. The van der Waals surface area contributed by atoms with Crippen LogP contribution in [0.2, 0.25) is 0 Å². The van der Waals surface area contributed by atoms with E-state index in [1.54, 1.807) is 0 Å². The summed E-state index contributed by atoms with van der Waals surface area (Å²) in [5.74, 6) is 0.0613. The summed E-state index contributed by atoms with van der Waals surface area (Å²) in [6, 6.07) is 0. The molecule has 1 saturated heterocycles. The third kappa shape index (κ3) is 3.83. The Bertz CT molecular complexity index is 336. The molecule has 0 spiro atoms. The van der Waals surface area contributed by atoms with E-state index >= 15 is 0 Å². The lowest BCUT2D eigenvalue weighted by Gasteiger charge is -2.50. The summed E-state index contributed by atoms with van der Waals surface area (Å²) in [5, 5.41) is 16.9. The van der Waals surface area contributed by atoms with Crippen molar-refractivity contribution >= 4 is 6.09 Å². The number of hydrogen-bond acceptors (Lipinski definition) is 4. The number of nitrogens with one attached hydrogen (secondary N) is 2. The van der Waals surface area contributed by atoms with Gasteiger partial charge in [0.1, 0.15) is 5.60 Å². The number of amides is 1. The Balaban J connectivity index is 2.65. The van der Waals surface area contributed by atoms with E-state index in [1.165, 1.54) is 0 Å². The van der Waals surface area contributed by atoms with Crippen molar-refractivity contribution in [1.29, 1.82) is 0 Å². The number of carbonyl (C=O) groups is 1. The highest BCUT2D eigenvalue weighted by Crippen LogP contribution is 2.38. The van der Waals surface area contributed by atoms with E-state index < -0.39 is 17.3 Å². The Morgan fingerprint density at radius 3 is 2.53 bits per heavy atom. The molecule has 2 unspecified atom stereocenters. The molecule has 0 aliphatic carbocycles. The number of aliphatic hydroxyl groups is 1. The van der Waals surface area contributed by atoms with Gasteiger partial charge in [0.2, 0.25) is 0 Å². The first-order valence-electron chi connectivity index (χ1n) is 6.88. The van der Waals surface area contributed by atoms with Crippen molar-refractivity contribution in [3.63, 3.8) is 0 Å². The number of rotatable bonds is 2. The molecule has 1 rings (SSSR count). The van der Waals surface area contributed by atoms with Crippen molar-refractivity contribution in [3.8, 4) is 0 Å². The first-order valence-corrected chi connectivity index (χ1v) is 6.88. The van der Waals surface area contributed by atoms with E-state index in [-0.39, 0.29) is 17.9 Å². The molecule has 0 saturated carbocycles. The molecular weight excluding hydrogens is 244 g/mol. The second kappa shape index (κ2) is 5.29. The molecule has 112 valence electrons. The highest BCUT2D eigenvalue weighted by molar-refractivity contribution is 5.67. The fraction of sp³-hybridized carbons (Fsp3) is 0.929. The molecule has 1 amide bonds. The van der Waals surface area contributed by atoms with Crippen molar-refractivity contribution in [1.82, 2.24) is 10.6 Å². The van der Waals surface area contributed by atoms with Crippen LogP contribution in [0.1, 0.15) is 41.5 Å². The summed E-state index contributed by atoms with van der Waals surface area (Å²) in [4.78, 5) is 11.7. The van der Waals surface area contributed by atoms with Gasteiger partial charge in [0.05, 0.1) is 12.1 Å². The smallest absolute Gasteiger partial charge is 0.407 e. The van der Waals surface area contributed by atoms with Crippen LogP contribution in [0.4, 0.5) is 4.79 Å². The van der Waals surface area contributed by atoms with Crippen LogP contribution in [-0.2, 0) is 4.74 Å². The van der Waals surface area contributed by atoms with Gasteiger partial charge in [0, 0.05) is 18.5 Å². The lowest BCUT2D eigenvalue weighted by atomic mass is 9.65. The zero-order chi connectivity index (χ0) is 14.9. The average Bonchev–Trinajstić information content (AvgIpc) is 2.21. The van der Waals surface area contributed by atoms with Gasteiger partial charge in [-0.25, -0.2) is 4.79 Å². The normalized spacial score (nSPS) is 30.8. The van der Waals surface area contributed by atoms with Crippen LogP contribution in [0, 0.1) is 11.3 Å². The van der Waals surface area contributed by atoms with E-state index in [4.69, 9.17) is 4.74 Å². The van der Waals surface area contributed by atoms with Crippen molar-refractivity contribution in [2.45, 2.75) is 52.7 Å². The molecule has 0 radical (unpaired) electrons. The van der Waals surface area contributed by atoms with E-state index in [1.807, 2.05) is 41.5 Å². The number of piperidine rings is 1. The predicted octanol–water partition coefficient (Wildman–Crippen LogP) is 1.51. The zero-order valence-corrected chi connectivity index (χ0v) is 13.0. The van der Waals surface area contributed by atoms with E-state index in [0.29, 0.717) is 0 Å². The highest BCUT2D eigenvalue weighted by atomic mass is 16.6. The molecule has 5 heteroatoms. The van der Waals surface area contributed by atoms with Crippen LogP contribution in [0.25, 0.3) is 0 Å². The van der Waals surface area contributed by atoms with Crippen molar-refractivity contribution in [2.75, 3.05) is 19.6 Å². The van der Waals surface area contributed by atoms with Gasteiger partial charge in [0.25, 0.3) is 0 Å². The van der Waals surface area contributed by atoms with Gasteiger partial charge in [-0.15, -0.1) is 0 Å². The zero-order valence-electron chi connectivity index (χ0n) is 13.0. The molecule has 5 nitrogen and oxygen atoms in total. The summed E-state index contributed by atoms with van der Waals surface area (Å²) >= 11 is 0. The van der Waals surface area contributed by atoms with Crippen molar-refractivity contribution in [3.05, 3.63) is 0 Å². The van der Waals surface area contributed by atoms with Gasteiger partial charge < -0.3 is 20.5 Å². The number of ether oxygens (including phenoxy) is 1. The van der Waals surface area contributed by atoms with Crippen LogP contribution in [0.15, 0.2) is 0 Å². The largest absolute Gasteiger partial charge is 0.444 e. The molecule has 0 aromatic rings. The third-order valence-corrected chi connectivity index (χ3v) is 3.91. The van der Waals surface area contributed by atoms with Crippen LogP contribution >= 0.6 is 0 Å². The Morgan fingerprint density at radius 2 is 2.05 bits per heavy atom. The Hall–Kier alpha value is -0.810. The second-order valence-electron chi connectivity index (χ2n) is 7.20. The fourth-order valence-corrected chi connectivity index (χ4v) is 2.52. The molecule has 0 aromatic carbocycles. The predicted molar refractivity (Wildman–Crippen MR) is 75.0 cm³/mol.